The SMILES string of the molecule is Cc1onc(-c2nn(C(C)C)c3c(Cl)cnc(N)c23)c1-c1ccccn1. The van der Waals surface area contributed by atoms with Gasteiger partial charge in [0, 0.05) is 12.2 Å². The molecule has 4 aromatic heterocycles. The first-order valence-electron chi connectivity index (χ1n) is 8.19. The molecule has 0 bridgehead atoms. The number of pyridine rings is 2. The fourth-order valence-electron chi connectivity index (χ4n) is 3.04. The number of nitrogen functional groups attached to an aromatic ring is 1. The summed E-state index contributed by atoms with van der Waals surface area (Å²) >= 11 is 6.41. The fourth-order valence-corrected chi connectivity index (χ4v) is 3.27. The quantitative estimate of drug-likeness (QED) is 0.580. The highest BCUT2D eigenvalue weighted by molar-refractivity contribution is 6.35. The molecule has 2 N–H and O–H groups in total. The zero-order chi connectivity index (χ0) is 18.4. The molecule has 0 saturated heterocycles. The molecule has 7 nitrogen and oxygen atoms in total. The van der Waals surface area contributed by atoms with Crippen molar-refractivity contribution in [1.29, 1.82) is 0 Å². The van der Waals surface area contributed by atoms with E-state index in [0.29, 0.717) is 33.4 Å². The number of rotatable bonds is 3. The van der Waals surface area contributed by atoms with Crippen molar-refractivity contribution in [3.8, 4) is 22.6 Å². The van der Waals surface area contributed by atoms with E-state index < -0.39 is 0 Å². The van der Waals surface area contributed by atoms with Crippen LogP contribution in [0, 0.1) is 6.92 Å². The van der Waals surface area contributed by atoms with Crippen LogP contribution < -0.4 is 5.73 Å². The largest absolute Gasteiger partial charge is 0.383 e. The first kappa shape index (κ1) is 16.5. The lowest BCUT2D eigenvalue weighted by Gasteiger charge is -2.07. The van der Waals surface area contributed by atoms with Gasteiger partial charge >= 0.3 is 0 Å². The van der Waals surface area contributed by atoms with Crippen LogP contribution in [0.3, 0.4) is 0 Å². The standard InChI is InChI=1S/C18H17ClN6O/c1-9(2)25-17-11(19)8-22-18(20)14(17)15(23-25)16-13(10(3)26-24-16)12-6-4-5-7-21-12/h4-9H,1-3H3,(H2,20,22). The van der Waals surface area contributed by atoms with Gasteiger partial charge in [0.05, 0.1) is 33.4 Å². The van der Waals surface area contributed by atoms with Gasteiger partial charge in [-0.15, -0.1) is 0 Å². The van der Waals surface area contributed by atoms with Gasteiger partial charge in [-0.2, -0.15) is 5.10 Å². The number of hydrogen-bond acceptors (Lipinski definition) is 6. The number of anilines is 1. The Hall–Kier alpha value is -2.93. The third-order valence-electron chi connectivity index (χ3n) is 4.21. The highest BCUT2D eigenvalue weighted by atomic mass is 35.5. The Balaban J connectivity index is 2.08. The predicted molar refractivity (Wildman–Crippen MR) is 101 cm³/mol. The molecular weight excluding hydrogens is 352 g/mol. The molecule has 26 heavy (non-hydrogen) atoms. The van der Waals surface area contributed by atoms with Gasteiger partial charge in [-0.05, 0) is 32.9 Å². The fraction of sp³-hybridized carbons (Fsp3) is 0.222. The van der Waals surface area contributed by atoms with Crippen molar-refractivity contribution in [2.75, 3.05) is 5.73 Å². The van der Waals surface area contributed by atoms with Crippen LogP contribution in [0.1, 0.15) is 25.6 Å². The molecule has 8 heteroatoms. The van der Waals surface area contributed by atoms with Crippen molar-refractivity contribution in [2.45, 2.75) is 26.8 Å². The number of aryl methyl sites for hydroxylation is 1. The molecular formula is C18H17ClN6O. The second kappa shape index (κ2) is 6.10. The Morgan fingerprint density at radius 3 is 2.69 bits per heavy atom. The highest BCUT2D eigenvalue weighted by Gasteiger charge is 2.26. The minimum atomic E-state index is 0.0804. The van der Waals surface area contributed by atoms with E-state index in [9.17, 15) is 0 Å². The Morgan fingerprint density at radius 2 is 2.00 bits per heavy atom. The molecule has 132 valence electrons. The summed E-state index contributed by atoms with van der Waals surface area (Å²) in [7, 11) is 0. The molecule has 4 rings (SSSR count). The maximum absolute atomic E-state index is 6.41. The molecule has 0 unspecified atom stereocenters. The maximum atomic E-state index is 6.41. The molecule has 0 radical (unpaired) electrons. The van der Waals surface area contributed by atoms with Gasteiger partial charge in [-0.25, -0.2) is 4.98 Å². The van der Waals surface area contributed by atoms with Crippen molar-refractivity contribution in [1.82, 2.24) is 24.9 Å². The number of fused-ring (bicyclic) bond motifs is 1. The normalized spacial score (nSPS) is 11.6. The summed E-state index contributed by atoms with van der Waals surface area (Å²) in [5, 5.41) is 10.1. The molecule has 0 saturated carbocycles. The molecule has 0 aliphatic carbocycles. The molecule has 0 atom stereocenters. The lowest BCUT2D eigenvalue weighted by Crippen LogP contribution is -2.03. The number of halogens is 1. The Bertz CT molecular complexity index is 1100. The minimum Gasteiger partial charge on any atom is -0.383 e. The van der Waals surface area contributed by atoms with Crippen molar-refractivity contribution in [2.24, 2.45) is 0 Å². The van der Waals surface area contributed by atoms with Gasteiger partial charge in [0.1, 0.15) is 23.0 Å². The second-order valence-corrected chi connectivity index (χ2v) is 6.69. The van der Waals surface area contributed by atoms with E-state index in [2.05, 4.69) is 15.1 Å². The number of nitrogens with two attached hydrogens (primary N) is 1. The smallest absolute Gasteiger partial charge is 0.144 e. The molecule has 4 aromatic rings. The molecule has 0 aromatic carbocycles. The van der Waals surface area contributed by atoms with E-state index in [0.717, 1.165) is 16.8 Å². The first-order valence-corrected chi connectivity index (χ1v) is 8.57. The summed E-state index contributed by atoms with van der Waals surface area (Å²) < 4.78 is 7.29. The van der Waals surface area contributed by atoms with Crippen molar-refractivity contribution < 1.29 is 4.52 Å². The van der Waals surface area contributed by atoms with Crippen molar-refractivity contribution >= 4 is 28.3 Å². The van der Waals surface area contributed by atoms with Crippen LogP contribution in [0.25, 0.3) is 33.5 Å². The van der Waals surface area contributed by atoms with E-state index in [1.165, 1.54) is 6.20 Å². The molecule has 0 aliphatic heterocycles. The van der Waals surface area contributed by atoms with E-state index in [1.807, 2.05) is 43.7 Å². The summed E-state index contributed by atoms with van der Waals surface area (Å²) in [6, 6.07) is 5.75. The van der Waals surface area contributed by atoms with E-state index in [4.69, 9.17) is 27.0 Å². The zero-order valence-corrected chi connectivity index (χ0v) is 15.3. The highest BCUT2D eigenvalue weighted by Crippen LogP contribution is 2.40. The molecule has 4 heterocycles. The van der Waals surface area contributed by atoms with Crippen LogP contribution in [0.4, 0.5) is 5.82 Å². The zero-order valence-electron chi connectivity index (χ0n) is 14.6. The maximum Gasteiger partial charge on any atom is 0.144 e. The van der Waals surface area contributed by atoms with Crippen LogP contribution in [0.5, 0.6) is 0 Å². The third-order valence-corrected chi connectivity index (χ3v) is 4.48. The Labute approximate surface area is 154 Å². The van der Waals surface area contributed by atoms with Gasteiger partial charge in [0.2, 0.25) is 0 Å². The lowest BCUT2D eigenvalue weighted by atomic mass is 10.1. The van der Waals surface area contributed by atoms with Gasteiger partial charge < -0.3 is 10.3 Å². The first-order chi connectivity index (χ1) is 12.5. The van der Waals surface area contributed by atoms with Gasteiger partial charge in [0.25, 0.3) is 0 Å². The van der Waals surface area contributed by atoms with Gasteiger partial charge in [0.15, 0.2) is 0 Å². The summed E-state index contributed by atoms with van der Waals surface area (Å²) in [5.74, 6) is 0.999. The number of aromatic nitrogens is 5. The summed E-state index contributed by atoms with van der Waals surface area (Å²) in [4.78, 5) is 8.62. The predicted octanol–water partition coefficient (Wildman–Crippen LogP) is 4.27. The third kappa shape index (κ3) is 2.43. The number of nitrogens with zero attached hydrogens (tertiary/aromatic N) is 5. The van der Waals surface area contributed by atoms with Crippen LogP contribution >= 0.6 is 11.6 Å². The Kier molecular flexibility index (Phi) is 3.88. The van der Waals surface area contributed by atoms with Crippen LogP contribution in [-0.4, -0.2) is 24.9 Å². The van der Waals surface area contributed by atoms with Crippen LogP contribution in [-0.2, 0) is 0 Å². The summed E-state index contributed by atoms with van der Waals surface area (Å²) in [6.07, 6.45) is 3.26. The summed E-state index contributed by atoms with van der Waals surface area (Å²) in [6.45, 7) is 5.89. The van der Waals surface area contributed by atoms with Crippen LogP contribution in [0.2, 0.25) is 5.02 Å². The minimum absolute atomic E-state index is 0.0804. The summed E-state index contributed by atoms with van der Waals surface area (Å²) in [5.41, 5.74) is 9.59. The number of hydrogen-bond donors (Lipinski definition) is 1. The monoisotopic (exact) mass is 368 g/mol. The molecule has 0 amide bonds. The van der Waals surface area contributed by atoms with E-state index >= 15 is 0 Å². The van der Waals surface area contributed by atoms with Crippen molar-refractivity contribution in [3.05, 3.63) is 41.4 Å². The molecule has 0 aliphatic rings. The van der Waals surface area contributed by atoms with E-state index in [1.54, 1.807) is 6.20 Å². The Morgan fingerprint density at radius 1 is 1.19 bits per heavy atom. The molecule has 0 fully saturated rings. The average Bonchev–Trinajstić information content (AvgIpc) is 3.20. The lowest BCUT2D eigenvalue weighted by molar-refractivity contribution is 0.400. The van der Waals surface area contributed by atoms with Crippen molar-refractivity contribution in [3.63, 3.8) is 0 Å². The second-order valence-electron chi connectivity index (χ2n) is 6.28. The topological polar surface area (TPSA) is 95.7 Å². The average molecular weight is 369 g/mol. The van der Waals surface area contributed by atoms with Crippen LogP contribution in [0.15, 0.2) is 35.1 Å². The van der Waals surface area contributed by atoms with Gasteiger partial charge in [-0.1, -0.05) is 22.8 Å². The molecule has 0 spiro atoms. The van der Waals surface area contributed by atoms with Gasteiger partial charge in [-0.3, -0.25) is 9.67 Å². The van der Waals surface area contributed by atoms with E-state index in [-0.39, 0.29) is 6.04 Å².